The number of nitrogens with one attached hydrogen (secondary N) is 1. The molecule has 0 unspecified atom stereocenters. The minimum absolute atomic E-state index is 0.240. The lowest BCUT2D eigenvalue weighted by molar-refractivity contribution is 0.102. The summed E-state index contributed by atoms with van der Waals surface area (Å²) in [4.78, 5) is 12.2. The molecule has 1 amide bonds. The van der Waals surface area contributed by atoms with Crippen molar-refractivity contribution in [3.63, 3.8) is 0 Å². The van der Waals surface area contributed by atoms with Gasteiger partial charge >= 0.3 is 0 Å². The summed E-state index contributed by atoms with van der Waals surface area (Å²) in [6, 6.07) is 10.6. The van der Waals surface area contributed by atoms with Crippen molar-refractivity contribution in [3.8, 4) is 5.75 Å². The van der Waals surface area contributed by atoms with Gasteiger partial charge < -0.3 is 10.1 Å². The zero-order valence-corrected chi connectivity index (χ0v) is 13.4. The molecule has 0 saturated carbocycles. The molecule has 0 aromatic heterocycles. The lowest BCUT2D eigenvalue weighted by atomic mass is 10.2. The smallest absolute Gasteiger partial charge is 0.255 e. The second kappa shape index (κ2) is 6.29. The number of halogens is 2. The Morgan fingerprint density at radius 3 is 2.65 bits per heavy atom. The first kappa shape index (κ1) is 14.9. The van der Waals surface area contributed by atoms with Crippen molar-refractivity contribution in [3.05, 3.63) is 57.0 Å². The summed E-state index contributed by atoms with van der Waals surface area (Å²) in [5.74, 6) is 0.384. The van der Waals surface area contributed by atoms with Gasteiger partial charge in [-0.1, -0.05) is 33.6 Å². The minimum Gasteiger partial charge on any atom is -0.495 e. The number of hydrogen-bond donors (Lipinski definition) is 1. The summed E-state index contributed by atoms with van der Waals surface area (Å²) in [5.41, 5.74) is 2.16. The fourth-order valence-electron chi connectivity index (χ4n) is 1.78. The van der Waals surface area contributed by atoms with Gasteiger partial charge in [0.2, 0.25) is 0 Å². The Morgan fingerprint density at radius 1 is 1.25 bits per heavy atom. The molecule has 0 heterocycles. The molecule has 0 aliphatic heterocycles. The normalized spacial score (nSPS) is 10.2. The molecular formula is C15H13BrClNO2. The Morgan fingerprint density at radius 2 is 2.00 bits per heavy atom. The van der Waals surface area contributed by atoms with Crippen molar-refractivity contribution in [2.45, 2.75) is 6.92 Å². The first-order chi connectivity index (χ1) is 9.49. The molecule has 0 aliphatic carbocycles. The SMILES string of the molecule is COc1cc(C)ccc1NC(=O)c1cc(Cl)cc(Br)c1. The van der Waals surface area contributed by atoms with Crippen LogP contribution in [0.15, 0.2) is 40.9 Å². The molecule has 0 spiro atoms. The van der Waals surface area contributed by atoms with Gasteiger partial charge in [-0.25, -0.2) is 0 Å². The van der Waals surface area contributed by atoms with Crippen molar-refractivity contribution in [1.82, 2.24) is 0 Å². The summed E-state index contributed by atoms with van der Waals surface area (Å²) >= 11 is 9.26. The summed E-state index contributed by atoms with van der Waals surface area (Å²) in [6.45, 7) is 1.96. The summed E-state index contributed by atoms with van der Waals surface area (Å²) < 4.78 is 6.02. The molecule has 0 fully saturated rings. The largest absolute Gasteiger partial charge is 0.495 e. The number of rotatable bonds is 3. The van der Waals surface area contributed by atoms with Crippen LogP contribution in [-0.4, -0.2) is 13.0 Å². The van der Waals surface area contributed by atoms with E-state index >= 15 is 0 Å². The van der Waals surface area contributed by atoms with E-state index in [1.54, 1.807) is 25.3 Å². The fraction of sp³-hybridized carbons (Fsp3) is 0.133. The second-order valence-electron chi connectivity index (χ2n) is 4.32. The highest BCUT2D eigenvalue weighted by atomic mass is 79.9. The Hall–Kier alpha value is -1.52. The van der Waals surface area contributed by atoms with Gasteiger partial charge in [0.25, 0.3) is 5.91 Å². The van der Waals surface area contributed by atoms with Crippen molar-refractivity contribution >= 4 is 39.1 Å². The quantitative estimate of drug-likeness (QED) is 0.869. The Kier molecular flexibility index (Phi) is 4.68. The van der Waals surface area contributed by atoms with Crippen LogP contribution in [0.4, 0.5) is 5.69 Å². The van der Waals surface area contributed by atoms with E-state index < -0.39 is 0 Å². The van der Waals surface area contributed by atoms with E-state index in [2.05, 4.69) is 21.2 Å². The third-order valence-electron chi connectivity index (χ3n) is 2.73. The maximum Gasteiger partial charge on any atom is 0.255 e. The zero-order valence-electron chi connectivity index (χ0n) is 11.0. The van der Waals surface area contributed by atoms with Crippen molar-refractivity contribution < 1.29 is 9.53 Å². The number of anilines is 1. The molecule has 0 aliphatic rings. The first-order valence-corrected chi connectivity index (χ1v) is 7.09. The molecule has 0 radical (unpaired) electrons. The highest BCUT2D eigenvalue weighted by Crippen LogP contribution is 2.26. The van der Waals surface area contributed by atoms with Gasteiger partial charge in [-0.05, 0) is 42.8 Å². The monoisotopic (exact) mass is 353 g/mol. The third-order valence-corrected chi connectivity index (χ3v) is 3.41. The van der Waals surface area contributed by atoms with Gasteiger partial charge in [0.1, 0.15) is 5.75 Å². The van der Waals surface area contributed by atoms with Crippen molar-refractivity contribution in [2.75, 3.05) is 12.4 Å². The number of carbonyl (C=O) groups excluding carboxylic acids is 1. The van der Waals surface area contributed by atoms with Gasteiger partial charge in [-0.3, -0.25) is 4.79 Å². The third kappa shape index (κ3) is 3.52. The zero-order chi connectivity index (χ0) is 14.7. The molecule has 2 aromatic carbocycles. The highest BCUT2D eigenvalue weighted by molar-refractivity contribution is 9.10. The number of carbonyl (C=O) groups is 1. The number of amides is 1. The van der Waals surface area contributed by atoms with Crippen LogP contribution in [-0.2, 0) is 0 Å². The van der Waals surface area contributed by atoms with E-state index in [4.69, 9.17) is 16.3 Å². The molecule has 1 N–H and O–H groups in total. The Balaban J connectivity index is 2.27. The predicted octanol–water partition coefficient (Wildman–Crippen LogP) is 4.67. The average Bonchev–Trinajstić information content (AvgIpc) is 2.39. The van der Waals surface area contributed by atoms with Crippen LogP contribution >= 0.6 is 27.5 Å². The van der Waals surface area contributed by atoms with Crippen LogP contribution < -0.4 is 10.1 Å². The van der Waals surface area contributed by atoms with Gasteiger partial charge in [0.05, 0.1) is 12.8 Å². The topological polar surface area (TPSA) is 38.3 Å². The minimum atomic E-state index is -0.240. The van der Waals surface area contributed by atoms with Gasteiger partial charge in [-0.15, -0.1) is 0 Å². The van der Waals surface area contributed by atoms with Crippen LogP contribution in [0.1, 0.15) is 15.9 Å². The number of benzene rings is 2. The van der Waals surface area contributed by atoms with Crippen LogP contribution in [0.5, 0.6) is 5.75 Å². The molecule has 20 heavy (non-hydrogen) atoms. The van der Waals surface area contributed by atoms with Gasteiger partial charge in [0.15, 0.2) is 0 Å². The molecule has 0 atom stereocenters. The van der Waals surface area contributed by atoms with Crippen LogP contribution in [0.25, 0.3) is 0 Å². The van der Waals surface area contributed by atoms with Gasteiger partial charge in [-0.2, -0.15) is 0 Å². The lowest BCUT2D eigenvalue weighted by Gasteiger charge is -2.11. The Bertz CT molecular complexity index is 638. The average molecular weight is 355 g/mol. The first-order valence-electron chi connectivity index (χ1n) is 5.91. The van der Waals surface area contributed by atoms with Crippen LogP contribution in [0.2, 0.25) is 5.02 Å². The second-order valence-corrected chi connectivity index (χ2v) is 5.67. The van der Waals surface area contributed by atoms with E-state index in [1.165, 1.54) is 0 Å². The van der Waals surface area contributed by atoms with E-state index in [-0.39, 0.29) is 5.91 Å². The van der Waals surface area contributed by atoms with E-state index in [1.807, 2.05) is 25.1 Å². The van der Waals surface area contributed by atoms with E-state index in [0.29, 0.717) is 22.0 Å². The number of ether oxygens (including phenoxy) is 1. The number of hydrogen-bond acceptors (Lipinski definition) is 2. The summed E-state index contributed by atoms with van der Waals surface area (Å²) in [7, 11) is 1.57. The highest BCUT2D eigenvalue weighted by Gasteiger charge is 2.11. The molecule has 2 rings (SSSR count). The number of aryl methyl sites for hydroxylation is 1. The van der Waals surface area contributed by atoms with Crippen molar-refractivity contribution in [1.29, 1.82) is 0 Å². The standard InChI is InChI=1S/C15H13BrClNO2/c1-9-3-4-13(14(5-9)20-2)18-15(19)10-6-11(16)8-12(17)7-10/h3-8H,1-2H3,(H,18,19). The lowest BCUT2D eigenvalue weighted by Crippen LogP contribution is -2.12. The van der Waals surface area contributed by atoms with Crippen LogP contribution in [0.3, 0.4) is 0 Å². The maximum atomic E-state index is 12.2. The molecule has 5 heteroatoms. The summed E-state index contributed by atoms with van der Waals surface area (Å²) in [5, 5.41) is 3.32. The molecule has 104 valence electrons. The Labute approximate surface area is 131 Å². The predicted molar refractivity (Wildman–Crippen MR) is 84.8 cm³/mol. The van der Waals surface area contributed by atoms with Crippen LogP contribution in [0, 0.1) is 6.92 Å². The number of methoxy groups -OCH3 is 1. The summed E-state index contributed by atoms with van der Waals surface area (Å²) in [6.07, 6.45) is 0. The molecule has 0 saturated heterocycles. The molecule has 0 bridgehead atoms. The van der Waals surface area contributed by atoms with Gasteiger partial charge in [0, 0.05) is 15.1 Å². The molecular weight excluding hydrogens is 342 g/mol. The molecule has 2 aromatic rings. The van der Waals surface area contributed by atoms with E-state index in [0.717, 1.165) is 10.0 Å². The van der Waals surface area contributed by atoms with Crippen molar-refractivity contribution in [2.24, 2.45) is 0 Å². The fourth-order valence-corrected chi connectivity index (χ4v) is 2.64. The van der Waals surface area contributed by atoms with E-state index in [9.17, 15) is 4.79 Å². The maximum absolute atomic E-state index is 12.2. The molecule has 3 nitrogen and oxygen atoms in total.